The average Bonchev–Trinajstić information content (AvgIpc) is 2.69. The number of carbonyl (C=O) groups excluding carboxylic acids is 1. The number of rotatable bonds is 2. The number of halogens is 1. The van der Waals surface area contributed by atoms with Crippen molar-refractivity contribution in [2.45, 2.75) is 13.8 Å². The van der Waals surface area contributed by atoms with Gasteiger partial charge in [0, 0.05) is 16.7 Å². The smallest absolute Gasteiger partial charge is 0.295 e. The Labute approximate surface area is 106 Å². The monoisotopic (exact) mass is 295 g/mol. The molecule has 0 spiro atoms. The maximum atomic E-state index is 11.8. The Kier molecular flexibility index (Phi) is 3.23. The van der Waals surface area contributed by atoms with Crippen LogP contribution in [0.2, 0.25) is 0 Å². The molecule has 1 N–H and O–H groups in total. The third-order valence-corrected chi connectivity index (χ3v) is 2.56. The number of amides is 1. The van der Waals surface area contributed by atoms with Gasteiger partial charge in [0.1, 0.15) is 5.82 Å². The predicted octanol–water partition coefficient (Wildman–Crippen LogP) is 2.70. The Hall–Kier alpha value is -1.69. The minimum atomic E-state index is -0.358. The summed E-state index contributed by atoms with van der Waals surface area (Å²) in [5.74, 6) is 0.322. The molecule has 2 rings (SSSR count). The summed E-state index contributed by atoms with van der Waals surface area (Å²) in [6, 6.07) is 3.44. The van der Waals surface area contributed by atoms with Crippen LogP contribution < -0.4 is 5.32 Å². The number of carbonyl (C=O) groups is 1. The van der Waals surface area contributed by atoms with Crippen molar-refractivity contribution in [1.29, 1.82) is 0 Å². The highest BCUT2D eigenvalue weighted by atomic mass is 79.9. The molecule has 0 bridgehead atoms. The summed E-state index contributed by atoms with van der Waals surface area (Å²) in [6.45, 7) is 3.61. The van der Waals surface area contributed by atoms with Gasteiger partial charge in [-0.05, 0) is 41.4 Å². The quantitative estimate of drug-likeness (QED) is 0.925. The molecule has 2 aromatic rings. The zero-order chi connectivity index (χ0) is 12.4. The summed E-state index contributed by atoms with van der Waals surface area (Å²) in [7, 11) is 0. The predicted molar refractivity (Wildman–Crippen MR) is 65.9 cm³/mol. The first-order chi connectivity index (χ1) is 8.06. The number of anilines is 1. The SMILES string of the molecule is Cc1cc(C(=O)Nc2ncc(Br)cc2C)on1. The van der Waals surface area contributed by atoms with Crippen LogP contribution in [0.25, 0.3) is 0 Å². The van der Waals surface area contributed by atoms with Gasteiger partial charge in [0.05, 0.1) is 5.69 Å². The lowest BCUT2D eigenvalue weighted by Crippen LogP contribution is -2.13. The van der Waals surface area contributed by atoms with Crippen molar-refractivity contribution in [3.8, 4) is 0 Å². The fraction of sp³-hybridized carbons (Fsp3) is 0.182. The fourth-order valence-electron chi connectivity index (χ4n) is 1.31. The van der Waals surface area contributed by atoms with E-state index in [0.29, 0.717) is 11.5 Å². The molecular formula is C11H10BrN3O2. The summed E-state index contributed by atoms with van der Waals surface area (Å²) in [5, 5.41) is 6.31. The lowest BCUT2D eigenvalue weighted by atomic mass is 10.3. The zero-order valence-corrected chi connectivity index (χ0v) is 10.9. The molecule has 0 fully saturated rings. The lowest BCUT2D eigenvalue weighted by Gasteiger charge is -2.05. The van der Waals surface area contributed by atoms with Crippen molar-refractivity contribution >= 4 is 27.7 Å². The molecule has 5 nitrogen and oxygen atoms in total. The first-order valence-electron chi connectivity index (χ1n) is 4.93. The summed E-state index contributed by atoms with van der Waals surface area (Å²) < 4.78 is 5.73. The summed E-state index contributed by atoms with van der Waals surface area (Å²) in [6.07, 6.45) is 1.62. The van der Waals surface area contributed by atoms with Gasteiger partial charge in [-0.25, -0.2) is 4.98 Å². The van der Waals surface area contributed by atoms with Crippen molar-refractivity contribution < 1.29 is 9.32 Å². The van der Waals surface area contributed by atoms with Crippen molar-refractivity contribution in [3.05, 3.63) is 39.8 Å². The standard InChI is InChI=1S/C11H10BrN3O2/c1-6-3-8(12)5-13-10(6)14-11(16)9-4-7(2)15-17-9/h3-5H,1-2H3,(H,13,14,16). The van der Waals surface area contributed by atoms with Gasteiger partial charge < -0.3 is 9.84 Å². The van der Waals surface area contributed by atoms with E-state index in [4.69, 9.17) is 4.52 Å². The fourth-order valence-corrected chi connectivity index (χ4v) is 1.76. The molecule has 0 aromatic carbocycles. The van der Waals surface area contributed by atoms with Gasteiger partial charge in [0.2, 0.25) is 5.76 Å². The normalized spacial score (nSPS) is 10.3. The Morgan fingerprint density at radius 2 is 2.18 bits per heavy atom. The molecule has 88 valence electrons. The number of pyridine rings is 1. The number of hydrogen-bond donors (Lipinski definition) is 1. The molecule has 0 radical (unpaired) electrons. The van der Waals surface area contributed by atoms with Crippen LogP contribution in [-0.2, 0) is 0 Å². The minimum absolute atomic E-state index is 0.173. The van der Waals surface area contributed by atoms with Crippen molar-refractivity contribution in [1.82, 2.24) is 10.1 Å². The number of nitrogens with zero attached hydrogens (tertiary/aromatic N) is 2. The second-order valence-electron chi connectivity index (χ2n) is 3.61. The number of aromatic nitrogens is 2. The van der Waals surface area contributed by atoms with E-state index in [2.05, 4.69) is 31.4 Å². The molecule has 0 saturated heterocycles. The lowest BCUT2D eigenvalue weighted by molar-refractivity contribution is 0.0987. The molecule has 0 unspecified atom stereocenters. The largest absolute Gasteiger partial charge is 0.351 e. The van der Waals surface area contributed by atoms with Crippen LogP contribution in [0.3, 0.4) is 0 Å². The van der Waals surface area contributed by atoms with E-state index in [9.17, 15) is 4.79 Å². The number of nitrogens with one attached hydrogen (secondary N) is 1. The number of hydrogen-bond acceptors (Lipinski definition) is 4. The Bertz CT molecular complexity index is 566. The molecular weight excluding hydrogens is 286 g/mol. The Morgan fingerprint density at radius 3 is 2.76 bits per heavy atom. The average molecular weight is 296 g/mol. The topological polar surface area (TPSA) is 68.0 Å². The van der Waals surface area contributed by atoms with Crippen LogP contribution in [0.15, 0.2) is 27.3 Å². The Morgan fingerprint density at radius 1 is 1.41 bits per heavy atom. The third kappa shape index (κ3) is 2.71. The second-order valence-corrected chi connectivity index (χ2v) is 4.52. The molecule has 17 heavy (non-hydrogen) atoms. The van der Waals surface area contributed by atoms with Crippen LogP contribution >= 0.6 is 15.9 Å². The molecule has 1 amide bonds. The van der Waals surface area contributed by atoms with Crippen LogP contribution in [0.4, 0.5) is 5.82 Å². The highest BCUT2D eigenvalue weighted by molar-refractivity contribution is 9.10. The van der Waals surface area contributed by atoms with E-state index in [1.165, 1.54) is 0 Å². The highest BCUT2D eigenvalue weighted by Gasteiger charge is 2.13. The van der Waals surface area contributed by atoms with Gasteiger partial charge in [0.15, 0.2) is 0 Å². The van der Waals surface area contributed by atoms with E-state index in [1.807, 2.05) is 13.0 Å². The van der Waals surface area contributed by atoms with E-state index in [1.54, 1.807) is 19.2 Å². The zero-order valence-electron chi connectivity index (χ0n) is 9.32. The molecule has 0 aliphatic carbocycles. The van der Waals surface area contributed by atoms with Crippen LogP contribution in [-0.4, -0.2) is 16.0 Å². The maximum absolute atomic E-state index is 11.8. The Balaban J connectivity index is 2.18. The number of aryl methyl sites for hydroxylation is 2. The van der Waals surface area contributed by atoms with E-state index in [0.717, 1.165) is 10.0 Å². The summed E-state index contributed by atoms with van der Waals surface area (Å²) >= 11 is 3.31. The highest BCUT2D eigenvalue weighted by Crippen LogP contribution is 2.17. The van der Waals surface area contributed by atoms with Gasteiger partial charge >= 0.3 is 0 Å². The molecule has 0 saturated carbocycles. The maximum Gasteiger partial charge on any atom is 0.295 e. The molecule has 0 aliphatic heterocycles. The summed E-state index contributed by atoms with van der Waals surface area (Å²) in [5.41, 5.74) is 1.53. The first kappa shape index (κ1) is 11.8. The second kappa shape index (κ2) is 4.67. The van der Waals surface area contributed by atoms with Crippen LogP contribution in [0, 0.1) is 13.8 Å². The minimum Gasteiger partial charge on any atom is -0.351 e. The molecule has 0 atom stereocenters. The van der Waals surface area contributed by atoms with E-state index < -0.39 is 0 Å². The molecule has 0 aliphatic rings. The molecule has 2 aromatic heterocycles. The molecule has 6 heteroatoms. The van der Waals surface area contributed by atoms with Gasteiger partial charge in [-0.1, -0.05) is 5.16 Å². The van der Waals surface area contributed by atoms with Gasteiger partial charge in [-0.2, -0.15) is 0 Å². The van der Waals surface area contributed by atoms with Crippen molar-refractivity contribution in [2.24, 2.45) is 0 Å². The third-order valence-electron chi connectivity index (χ3n) is 2.13. The van der Waals surface area contributed by atoms with Crippen molar-refractivity contribution in [2.75, 3.05) is 5.32 Å². The van der Waals surface area contributed by atoms with E-state index in [-0.39, 0.29) is 11.7 Å². The van der Waals surface area contributed by atoms with E-state index >= 15 is 0 Å². The van der Waals surface area contributed by atoms with Crippen LogP contribution in [0.1, 0.15) is 21.8 Å². The van der Waals surface area contributed by atoms with Gasteiger partial charge in [-0.3, -0.25) is 4.79 Å². The summed E-state index contributed by atoms with van der Waals surface area (Å²) in [4.78, 5) is 15.9. The first-order valence-corrected chi connectivity index (χ1v) is 5.72. The van der Waals surface area contributed by atoms with Crippen LogP contribution in [0.5, 0.6) is 0 Å². The van der Waals surface area contributed by atoms with Crippen molar-refractivity contribution in [3.63, 3.8) is 0 Å². The van der Waals surface area contributed by atoms with Gasteiger partial charge in [-0.15, -0.1) is 0 Å². The molecule has 2 heterocycles. The van der Waals surface area contributed by atoms with Gasteiger partial charge in [0.25, 0.3) is 5.91 Å².